The Morgan fingerprint density at radius 1 is 0.786 bits per heavy atom. The number of hydrogen-bond donors (Lipinski definition) is 3. The molecule has 2 heterocycles. The van der Waals surface area contributed by atoms with Crippen LogP contribution in [-0.2, 0) is 47.6 Å². The minimum absolute atomic E-state index is 0.0405. The van der Waals surface area contributed by atoms with E-state index in [2.05, 4.69) is 10.3 Å². The topological polar surface area (TPSA) is 240 Å². The van der Waals surface area contributed by atoms with E-state index in [1.165, 1.54) is 50.5 Å². The van der Waals surface area contributed by atoms with Gasteiger partial charge >= 0.3 is 29.8 Å². The SMILES string of the molecule is CC(=O)O[C@H]1C(=O)[C@@]2(C)C([C@H](OC(=O)c3ccccc3)[C@]3(O)C[C@H](OC(=O)[C@H](OC(=O)c4cccnc4)[C@@H](NC(=O)c4ccccc4)c4ccccc4)C(C)=C1C3(C)C)[C@]1(OC(C)=O)CO[C@@H]1C[C@@H]2O. The number of esters is 5. The molecular formula is C53H54N2O15. The quantitative estimate of drug-likeness (QED) is 0.0962. The van der Waals surface area contributed by atoms with Crippen molar-refractivity contribution in [2.75, 3.05) is 6.61 Å². The van der Waals surface area contributed by atoms with Crippen molar-refractivity contribution in [2.45, 2.75) is 108 Å². The molecule has 4 aromatic rings. The molecule has 366 valence electrons. The summed E-state index contributed by atoms with van der Waals surface area (Å²) in [5, 5.41) is 29.0. The van der Waals surface area contributed by atoms with Crippen molar-refractivity contribution in [3.63, 3.8) is 0 Å². The summed E-state index contributed by atoms with van der Waals surface area (Å²) in [5.74, 6) is -8.04. The predicted octanol–water partition coefficient (Wildman–Crippen LogP) is 5.00. The molecule has 11 atom stereocenters. The van der Waals surface area contributed by atoms with Gasteiger partial charge in [-0.1, -0.05) is 80.6 Å². The maximum absolute atomic E-state index is 15.7. The Morgan fingerprint density at radius 3 is 1.97 bits per heavy atom. The lowest BCUT2D eigenvalue weighted by Gasteiger charge is -2.67. The molecule has 17 nitrogen and oxygen atoms in total. The molecule has 2 bridgehead atoms. The zero-order valence-corrected chi connectivity index (χ0v) is 39.4. The summed E-state index contributed by atoms with van der Waals surface area (Å²) in [6.07, 6.45) is -8.13. The van der Waals surface area contributed by atoms with Gasteiger partial charge in [0.1, 0.15) is 30.0 Å². The Labute approximate surface area is 403 Å². The van der Waals surface area contributed by atoms with E-state index in [0.717, 1.165) is 13.8 Å². The number of Topliss-reactive ketones (excluding diaryl/α,β-unsaturated/α-hetero) is 1. The first kappa shape index (κ1) is 49.3. The van der Waals surface area contributed by atoms with Crippen molar-refractivity contribution >= 4 is 41.5 Å². The van der Waals surface area contributed by atoms with Gasteiger partial charge in [0, 0.05) is 50.1 Å². The molecule has 17 heteroatoms. The minimum atomic E-state index is -2.46. The Hall–Kier alpha value is -7.08. The number of carbonyl (C=O) groups excluding carboxylic acids is 7. The Morgan fingerprint density at radius 2 is 1.40 bits per heavy atom. The van der Waals surface area contributed by atoms with Crippen LogP contribution in [0.5, 0.6) is 0 Å². The number of pyridine rings is 1. The summed E-state index contributed by atoms with van der Waals surface area (Å²) in [4.78, 5) is 104. The molecule has 1 unspecified atom stereocenters. The average Bonchev–Trinajstić information content (AvgIpc) is 3.34. The van der Waals surface area contributed by atoms with Gasteiger partial charge in [-0.05, 0) is 67.0 Å². The largest absolute Gasteiger partial charge is 0.455 e. The summed E-state index contributed by atoms with van der Waals surface area (Å²) < 4.78 is 36.8. The van der Waals surface area contributed by atoms with Crippen molar-refractivity contribution < 1.29 is 72.2 Å². The highest BCUT2D eigenvalue weighted by atomic mass is 16.6. The third-order valence-corrected chi connectivity index (χ3v) is 14.6. The fourth-order valence-corrected chi connectivity index (χ4v) is 11.0. The standard InChI is InChI=1S/C53H54N2O15/c1-29-36(67-49(63)42(68-48(62)35-23-16-24-54-27-35)40(32-17-10-7-11-18-32)55-46(60)33-19-12-8-13-20-33)26-53(64)45(69-47(61)34-21-14-9-15-22-34)43-51(6,37(58)25-38-52(43,28-65-38)70-31(3)57)44(59)41(66-30(2)56)39(29)50(53,4)5/h7-24,27,36-38,40-43,45,58,64H,25-26,28H2,1-6H3,(H,55,60)/t36-,37-,38+,40-,41+,42+,43?,45-,51+,52-,53+/m0/s1. The van der Waals surface area contributed by atoms with Crippen LogP contribution in [0.15, 0.2) is 127 Å². The van der Waals surface area contributed by atoms with Crippen LogP contribution in [0.25, 0.3) is 0 Å². The third-order valence-electron chi connectivity index (χ3n) is 14.6. The average molecular weight is 959 g/mol. The van der Waals surface area contributed by atoms with Crippen LogP contribution in [0.4, 0.5) is 0 Å². The number of aliphatic hydroxyl groups excluding tert-OH is 1. The first-order valence-corrected chi connectivity index (χ1v) is 22.9. The van der Waals surface area contributed by atoms with Crippen molar-refractivity contribution in [2.24, 2.45) is 16.7 Å². The van der Waals surface area contributed by atoms with E-state index in [0.29, 0.717) is 5.56 Å². The Balaban J connectivity index is 1.31. The summed E-state index contributed by atoms with van der Waals surface area (Å²) in [5.41, 5.74) is -7.47. The highest BCUT2D eigenvalue weighted by molar-refractivity contribution is 5.97. The summed E-state index contributed by atoms with van der Waals surface area (Å²) in [6, 6.07) is 25.7. The second-order valence-electron chi connectivity index (χ2n) is 19.0. The number of ketones is 1. The zero-order valence-electron chi connectivity index (χ0n) is 39.4. The van der Waals surface area contributed by atoms with Crippen molar-refractivity contribution in [3.05, 3.63) is 149 Å². The molecule has 2 saturated carbocycles. The lowest BCUT2D eigenvalue weighted by atomic mass is 9.44. The van der Waals surface area contributed by atoms with Gasteiger partial charge in [0.05, 0.1) is 35.2 Å². The molecule has 3 aliphatic carbocycles. The van der Waals surface area contributed by atoms with Gasteiger partial charge in [0.2, 0.25) is 6.10 Å². The molecule has 1 aromatic heterocycles. The summed E-state index contributed by atoms with van der Waals surface area (Å²) in [6.45, 7) is 7.89. The molecule has 8 rings (SSSR count). The first-order valence-electron chi connectivity index (χ1n) is 22.9. The van der Waals surface area contributed by atoms with Gasteiger partial charge in [-0.2, -0.15) is 0 Å². The second-order valence-corrected chi connectivity index (χ2v) is 19.0. The number of nitrogens with zero attached hydrogens (tertiary/aromatic N) is 1. The summed E-state index contributed by atoms with van der Waals surface area (Å²) >= 11 is 0. The van der Waals surface area contributed by atoms with Crippen LogP contribution in [0.2, 0.25) is 0 Å². The highest BCUT2D eigenvalue weighted by Gasteiger charge is 2.78. The molecule has 3 fully saturated rings. The number of benzene rings is 3. The van der Waals surface area contributed by atoms with Gasteiger partial charge in [-0.25, -0.2) is 14.4 Å². The van der Waals surface area contributed by atoms with E-state index in [9.17, 15) is 34.2 Å². The van der Waals surface area contributed by atoms with Gasteiger partial charge < -0.3 is 44.0 Å². The fourth-order valence-electron chi connectivity index (χ4n) is 11.0. The van der Waals surface area contributed by atoms with Crippen LogP contribution >= 0.6 is 0 Å². The fraction of sp³-hybridized carbons (Fsp3) is 0.396. The van der Waals surface area contributed by atoms with Crippen molar-refractivity contribution in [1.29, 1.82) is 0 Å². The second kappa shape index (κ2) is 19.0. The molecule has 3 aromatic carbocycles. The minimum Gasteiger partial charge on any atom is -0.455 e. The molecule has 1 amide bonds. The number of aromatic nitrogens is 1. The number of aliphatic hydroxyl groups is 2. The van der Waals surface area contributed by atoms with E-state index >= 15 is 9.59 Å². The van der Waals surface area contributed by atoms with Crippen LogP contribution in [-0.4, -0.2) is 111 Å². The molecule has 3 N–H and O–H groups in total. The molecule has 1 saturated heterocycles. The Kier molecular flexibility index (Phi) is 13.4. The molecule has 0 spiro atoms. The van der Waals surface area contributed by atoms with E-state index in [1.54, 1.807) is 92.7 Å². The van der Waals surface area contributed by atoms with Gasteiger partial charge in [-0.3, -0.25) is 24.2 Å². The number of nitrogens with one attached hydrogen (secondary N) is 1. The first-order chi connectivity index (χ1) is 33.2. The Bertz CT molecular complexity index is 2710. The van der Waals surface area contributed by atoms with Crippen LogP contribution < -0.4 is 5.32 Å². The van der Waals surface area contributed by atoms with Crippen LogP contribution in [0.3, 0.4) is 0 Å². The van der Waals surface area contributed by atoms with Crippen molar-refractivity contribution in [1.82, 2.24) is 10.3 Å². The number of amides is 1. The lowest BCUT2D eigenvalue weighted by Crippen LogP contribution is -2.82. The smallest absolute Gasteiger partial charge is 0.350 e. The number of rotatable bonds is 12. The third kappa shape index (κ3) is 8.55. The van der Waals surface area contributed by atoms with E-state index in [4.69, 9.17) is 28.4 Å². The van der Waals surface area contributed by atoms with Crippen LogP contribution in [0, 0.1) is 16.7 Å². The maximum Gasteiger partial charge on any atom is 0.350 e. The molecule has 4 aliphatic rings. The van der Waals surface area contributed by atoms with Crippen molar-refractivity contribution in [3.8, 4) is 0 Å². The highest BCUT2D eigenvalue weighted by Crippen LogP contribution is 2.64. The van der Waals surface area contributed by atoms with E-state index in [-0.39, 0.29) is 40.9 Å². The lowest BCUT2D eigenvalue weighted by molar-refractivity contribution is -0.346. The monoisotopic (exact) mass is 958 g/mol. The molecule has 70 heavy (non-hydrogen) atoms. The van der Waals surface area contributed by atoms with Gasteiger partial charge in [0.15, 0.2) is 17.5 Å². The number of ether oxygens (including phenoxy) is 6. The van der Waals surface area contributed by atoms with E-state index < -0.39 is 119 Å². The zero-order chi connectivity index (χ0) is 50.3. The number of fused-ring (bicyclic) bond motifs is 5. The van der Waals surface area contributed by atoms with E-state index in [1.807, 2.05) is 0 Å². The van der Waals surface area contributed by atoms with Gasteiger partial charge in [0.25, 0.3) is 5.91 Å². The number of hydrogen-bond acceptors (Lipinski definition) is 16. The summed E-state index contributed by atoms with van der Waals surface area (Å²) in [7, 11) is 0. The number of carbonyl (C=O) groups is 7. The maximum atomic E-state index is 15.7. The predicted molar refractivity (Wildman–Crippen MR) is 245 cm³/mol. The molecule has 1 aliphatic heterocycles. The van der Waals surface area contributed by atoms with Crippen LogP contribution in [0.1, 0.15) is 97.1 Å². The molecular weight excluding hydrogens is 905 g/mol. The normalized spacial score (nSPS) is 29.4. The van der Waals surface area contributed by atoms with Gasteiger partial charge in [-0.15, -0.1) is 0 Å². The molecule has 0 radical (unpaired) electrons.